The molecular weight excluding hydrogens is 179 g/mol. The van der Waals surface area contributed by atoms with Crippen LogP contribution in [-0.2, 0) is 13.9 Å². The van der Waals surface area contributed by atoms with E-state index in [2.05, 4.69) is 4.52 Å². The Morgan fingerprint density at radius 2 is 2.09 bits per heavy atom. The average Bonchev–Trinajstić information content (AvgIpc) is 1.80. The minimum atomic E-state index is -5.21. The van der Waals surface area contributed by atoms with Crippen LogP contribution in [0.5, 0.6) is 0 Å². The second-order valence-electron chi connectivity index (χ2n) is 1.58. The molecule has 0 aliphatic rings. The third-order valence-corrected chi connectivity index (χ3v) is 1.13. The molecule has 66 valence electrons. The number of aliphatic hydroxyl groups is 1. The van der Waals surface area contributed by atoms with Crippen LogP contribution in [0.2, 0.25) is 0 Å². The van der Waals surface area contributed by atoms with Crippen LogP contribution in [0.4, 0.5) is 0 Å². The molecule has 0 amide bonds. The molecule has 0 aromatic rings. The Morgan fingerprint density at radius 1 is 1.64 bits per heavy atom. The van der Waals surface area contributed by atoms with E-state index in [1.165, 1.54) is 0 Å². The smallest absolute Gasteiger partial charge is 0.117 e. The Kier molecular flexibility index (Phi) is 3.64. The summed E-state index contributed by atoms with van der Waals surface area (Å²) in [5.41, 5.74) is 0. The fourth-order valence-electron chi connectivity index (χ4n) is 0.230. The van der Waals surface area contributed by atoms with Crippen LogP contribution in [0.1, 0.15) is 0 Å². The second-order valence-corrected chi connectivity index (χ2v) is 2.73. The second kappa shape index (κ2) is 3.80. The van der Waals surface area contributed by atoms with Crippen molar-refractivity contribution < 1.29 is 33.9 Å². The summed E-state index contributed by atoms with van der Waals surface area (Å²) in [6, 6.07) is 0. The van der Waals surface area contributed by atoms with E-state index in [1.54, 1.807) is 0 Å². The Labute approximate surface area is 61.5 Å². The van der Waals surface area contributed by atoms with Gasteiger partial charge in [0.1, 0.15) is 6.10 Å². The zero-order valence-electron chi connectivity index (χ0n) is 5.13. The molecule has 0 aliphatic heterocycles. The lowest BCUT2D eigenvalue weighted by Gasteiger charge is -2.29. The monoisotopic (exact) mass is 183 g/mol. The highest BCUT2D eigenvalue weighted by atomic mass is 31.2. The van der Waals surface area contributed by atoms with Gasteiger partial charge >= 0.3 is 0 Å². The van der Waals surface area contributed by atoms with E-state index in [0.29, 0.717) is 0 Å². The van der Waals surface area contributed by atoms with Crippen molar-refractivity contribution in [2.75, 3.05) is 6.61 Å². The molecule has 0 saturated carbocycles. The highest BCUT2D eigenvalue weighted by molar-refractivity contribution is 7.43. The first-order chi connectivity index (χ1) is 4.83. The van der Waals surface area contributed by atoms with E-state index in [1.807, 2.05) is 0 Å². The molecule has 0 bridgehead atoms. The maximum atomic E-state index is 9.68. The predicted molar refractivity (Wildman–Crippen MR) is 24.6 cm³/mol. The molecule has 0 aliphatic carbocycles. The van der Waals surface area contributed by atoms with Crippen LogP contribution in [-0.4, -0.2) is 23.8 Å². The van der Waals surface area contributed by atoms with E-state index in [9.17, 15) is 24.3 Å². The predicted octanol–water partition coefficient (Wildman–Crippen LogP) is -4.06. The molecule has 0 saturated heterocycles. The number of hydrogen-bond acceptors (Lipinski definition) is 7. The van der Waals surface area contributed by atoms with E-state index in [-0.39, 0.29) is 0 Å². The summed E-state index contributed by atoms with van der Waals surface area (Å²) in [6.45, 7) is -1.12. The van der Waals surface area contributed by atoms with Crippen LogP contribution in [0.15, 0.2) is 0 Å². The minimum absolute atomic E-state index is 1.12. The fourth-order valence-corrected chi connectivity index (χ4v) is 0.554. The van der Waals surface area contributed by atoms with Gasteiger partial charge in [-0.2, -0.15) is 0 Å². The molecule has 1 N–H and O–H groups in total. The maximum Gasteiger partial charge on any atom is 0.117 e. The van der Waals surface area contributed by atoms with Crippen LogP contribution in [0.25, 0.3) is 0 Å². The van der Waals surface area contributed by atoms with Crippen molar-refractivity contribution >= 4 is 13.8 Å². The number of rotatable bonds is 4. The highest BCUT2D eigenvalue weighted by Gasteiger charge is 2.04. The highest BCUT2D eigenvalue weighted by Crippen LogP contribution is 2.24. The van der Waals surface area contributed by atoms with Crippen LogP contribution < -0.4 is 14.9 Å². The zero-order chi connectivity index (χ0) is 9.07. The molecule has 1 unspecified atom stereocenters. The van der Waals surface area contributed by atoms with Gasteiger partial charge in [-0.1, -0.05) is 0 Å². The molecule has 0 radical (unpaired) electrons. The number of phosphoric acid groups is 1. The van der Waals surface area contributed by atoms with Gasteiger partial charge in [0.2, 0.25) is 0 Å². The van der Waals surface area contributed by atoms with E-state index < -0.39 is 26.5 Å². The van der Waals surface area contributed by atoms with Crippen molar-refractivity contribution in [1.82, 2.24) is 0 Å². The van der Waals surface area contributed by atoms with E-state index >= 15 is 0 Å². The summed E-state index contributed by atoms with van der Waals surface area (Å²) in [5.74, 6) is -1.90. The summed E-state index contributed by atoms with van der Waals surface area (Å²) in [4.78, 5) is 29.0. The molecule has 8 heteroatoms. The first-order valence-electron chi connectivity index (χ1n) is 2.38. The van der Waals surface area contributed by atoms with Crippen molar-refractivity contribution in [3.05, 3.63) is 0 Å². The Bertz CT molecular complexity index is 182. The first-order valence-corrected chi connectivity index (χ1v) is 3.84. The Hall–Kier alpha value is -0.460. The number of aliphatic hydroxyl groups excluding tert-OH is 1. The van der Waals surface area contributed by atoms with Crippen LogP contribution >= 0.6 is 7.82 Å². The molecule has 0 rings (SSSR count). The van der Waals surface area contributed by atoms with Gasteiger partial charge in [-0.15, -0.1) is 0 Å². The van der Waals surface area contributed by atoms with Gasteiger partial charge in [0.05, 0.1) is 20.4 Å². The Morgan fingerprint density at radius 3 is 2.36 bits per heavy atom. The molecule has 1 atom stereocenters. The van der Waals surface area contributed by atoms with Crippen LogP contribution in [0, 0.1) is 0 Å². The minimum Gasteiger partial charge on any atom is -0.790 e. The van der Waals surface area contributed by atoms with Crippen molar-refractivity contribution in [3.8, 4) is 0 Å². The number of carboxylic acids is 1. The van der Waals surface area contributed by atoms with E-state index in [4.69, 9.17) is 5.11 Å². The molecule has 0 aromatic heterocycles. The molecule has 0 aromatic carbocycles. The van der Waals surface area contributed by atoms with Gasteiger partial charge in [0, 0.05) is 0 Å². The third kappa shape index (κ3) is 5.96. The van der Waals surface area contributed by atoms with Crippen molar-refractivity contribution in [2.45, 2.75) is 6.10 Å². The maximum absolute atomic E-state index is 9.68. The summed E-state index contributed by atoms with van der Waals surface area (Å²) >= 11 is 0. The quantitative estimate of drug-likeness (QED) is 0.438. The SMILES string of the molecule is O=C([O-])C(O)COP(=O)([O-])[O-]. The van der Waals surface area contributed by atoms with Gasteiger partial charge in [0.25, 0.3) is 0 Å². The fraction of sp³-hybridized carbons (Fsp3) is 0.667. The topological polar surface area (TPSA) is 133 Å². The number of carbonyl (C=O) groups excluding carboxylic acids is 1. The van der Waals surface area contributed by atoms with Crippen LogP contribution in [0.3, 0.4) is 0 Å². The van der Waals surface area contributed by atoms with Gasteiger partial charge in [-0.05, 0) is 0 Å². The number of phosphoric ester groups is 1. The largest absolute Gasteiger partial charge is 0.790 e. The molecule has 0 heterocycles. The number of hydrogen-bond donors (Lipinski definition) is 1. The molecule has 7 nitrogen and oxygen atoms in total. The number of carboxylic acid groups (broad SMARTS) is 1. The third-order valence-electron chi connectivity index (χ3n) is 0.663. The molecular formula is C3H4O7P-3. The van der Waals surface area contributed by atoms with Crippen molar-refractivity contribution in [3.63, 3.8) is 0 Å². The normalized spacial score (nSPS) is 14.5. The summed E-state index contributed by atoms with van der Waals surface area (Å²) < 4.78 is 13.1. The lowest BCUT2D eigenvalue weighted by molar-refractivity contribution is -0.344. The van der Waals surface area contributed by atoms with Gasteiger partial charge < -0.3 is 33.9 Å². The summed E-state index contributed by atoms with van der Waals surface area (Å²) in [6.07, 6.45) is -2.11. The molecule has 11 heavy (non-hydrogen) atoms. The van der Waals surface area contributed by atoms with Gasteiger partial charge in [0.15, 0.2) is 0 Å². The summed E-state index contributed by atoms with van der Waals surface area (Å²) in [5, 5.41) is 18.0. The lowest BCUT2D eigenvalue weighted by atomic mass is 10.4. The van der Waals surface area contributed by atoms with Crippen molar-refractivity contribution in [2.24, 2.45) is 0 Å². The van der Waals surface area contributed by atoms with E-state index in [0.717, 1.165) is 0 Å². The summed E-state index contributed by atoms with van der Waals surface area (Å²) in [7, 11) is -5.21. The van der Waals surface area contributed by atoms with Crippen molar-refractivity contribution in [1.29, 1.82) is 0 Å². The number of aliphatic carboxylic acids is 1. The lowest BCUT2D eigenvalue weighted by Crippen LogP contribution is -2.39. The van der Waals surface area contributed by atoms with Gasteiger partial charge in [-0.3, -0.25) is 0 Å². The zero-order valence-corrected chi connectivity index (χ0v) is 6.02. The molecule has 0 spiro atoms. The Balaban J connectivity index is 3.72. The number of carbonyl (C=O) groups is 1. The first kappa shape index (κ1) is 10.5. The average molecular weight is 183 g/mol. The van der Waals surface area contributed by atoms with Gasteiger partial charge in [-0.25, -0.2) is 0 Å². The standard InChI is InChI=1S/C3H7O7P/c4-2(3(5)6)1-10-11(7,8)9/h2,4H,1H2,(H,5,6)(H2,7,8,9)/p-3. The molecule has 0 fully saturated rings.